The van der Waals surface area contributed by atoms with Crippen molar-refractivity contribution in [3.8, 4) is 11.5 Å². The van der Waals surface area contributed by atoms with Gasteiger partial charge in [-0.2, -0.15) is 74.6 Å². The number of methoxy groups -OCH3 is 1. The quantitative estimate of drug-likeness (QED) is 0.0368. The van der Waals surface area contributed by atoms with Gasteiger partial charge in [0, 0.05) is 23.6 Å². The first-order valence-electron chi connectivity index (χ1n) is 20.3. The van der Waals surface area contributed by atoms with Gasteiger partial charge in [0.05, 0.1) is 20.3 Å². The van der Waals surface area contributed by atoms with Crippen molar-refractivity contribution < 1.29 is 108 Å². The lowest BCUT2D eigenvalue weighted by atomic mass is 9.88. The molecule has 2 rings (SSSR count). The molecule has 0 aromatic heterocycles. The molecule has 388 valence electrons. The summed E-state index contributed by atoms with van der Waals surface area (Å²) in [6.45, 7) is 10.8. The molecule has 26 heteroatoms. The van der Waals surface area contributed by atoms with Gasteiger partial charge >= 0.3 is 59.7 Å². The van der Waals surface area contributed by atoms with Gasteiger partial charge < -0.3 is 23.4 Å². The maximum absolute atomic E-state index is 15.0. The molecule has 0 radical (unpaired) electrons. The number of rotatable bonds is 24. The lowest BCUT2D eigenvalue weighted by Crippen LogP contribution is -2.74. The number of esters is 1. The summed E-state index contributed by atoms with van der Waals surface area (Å²) < 4.78 is 264. The van der Waals surface area contributed by atoms with E-state index in [-0.39, 0.29) is 17.9 Å². The Morgan fingerprint density at radius 1 is 0.632 bits per heavy atom. The number of ether oxygens (including phenoxy) is 4. The summed E-state index contributed by atoms with van der Waals surface area (Å²) in [5.41, 5.74) is -0.326. The van der Waals surface area contributed by atoms with Crippen LogP contribution in [0.4, 0.5) is 85.1 Å². The van der Waals surface area contributed by atoms with Crippen molar-refractivity contribution in [3.63, 3.8) is 0 Å². The molecule has 2 aromatic rings. The summed E-state index contributed by atoms with van der Waals surface area (Å²) in [4.78, 5) is 25.6. The molecule has 0 unspecified atom stereocenters. The average molecular weight is 1030 g/mol. The normalized spacial score (nSPS) is 15.2. The molecule has 0 aliphatic carbocycles. The second-order valence-electron chi connectivity index (χ2n) is 16.2. The molecule has 1 N–H and O–H groups in total. The van der Waals surface area contributed by atoms with E-state index in [1.54, 1.807) is 45.0 Å². The van der Waals surface area contributed by atoms with Gasteiger partial charge in [-0.3, -0.25) is 5.32 Å². The Bertz CT molecular complexity index is 2020. The molecular weight excluding hydrogens is 982 g/mol. The van der Waals surface area contributed by atoms with E-state index in [9.17, 15) is 75.4 Å². The number of hydrogen-bond donors (Lipinski definition) is 1. The Hall–Kier alpha value is -4.49. The largest absolute Gasteiger partial charge is 0.497 e. The first-order valence-corrected chi connectivity index (χ1v) is 22.6. The molecule has 0 aliphatic rings. The van der Waals surface area contributed by atoms with Crippen LogP contribution in [0.1, 0.15) is 73.5 Å². The highest BCUT2D eigenvalue weighted by Crippen LogP contribution is 2.64. The summed E-state index contributed by atoms with van der Waals surface area (Å²) in [7, 11) is -2.58. The van der Waals surface area contributed by atoms with Crippen LogP contribution in [0.5, 0.6) is 11.5 Å². The Balaban J connectivity index is 2.35. The molecule has 0 spiro atoms. The maximum Gasteiger partial charge on any atom is 0.460 e. The van der Waals surface area contributed by atoms with Gasteiger partial charge in [-0.15, -0.1) is 0 Å². The number of amides is 1. The minimum atomic E-state index is -8.70. The number of carbonyl (C=O) groups is 2. The van der Waals surface area contributed by atoms with Gasteiger partial charge in [-0.1, -0.05) is 52.3 Å². The number of benzene rings is 2. The highest BCUT2D eigenvalue weighted by Gasteiger charge is 2.95. The zero-order chi connectivity index (χ0) is 52.9. The molecule has 1 amide bonds. The zero-order valence-corrected chi connectivity index (χ0v) is 38.7. The molecule has 0 fully saturated rings. The van der Waals surface area contributed by atoms with Crippen LogP contribution < -0.4 is 14.8 Å². The lowest BCUT2D eigenvalue weighted by Gasteiger charge is -2.44. The Morgan fingerprint density at radius 2 is 1.09 bits per heavy atom. The Morgan fingerprint density at radius 3 is 1.53 bits per heavy atom. The first-order chi connectivity index (χ1) is 30.8. The van der Waals surface area contributed by atoms with Gasteiger partial charge in [0.1, 0.15) is 24.2 Å². The minimum Gasteiger partial charge on any atom is -0.497 e. The number of anilines is 1. The van der Waals surface area contributed by atoms with E-state index in [0.29, 0.717) is 22.6 Å². The monoisotopic (exact) mass is 1030 g/mol. The second-order valence-corrected chi connectivity index (χ2v) is 21.2. The van der Waals surface area contributed by atoms with Crippen LogP contribution >= 0.6 is 0 Å². The summed E-state index contributed by atoms with van der Waals surface area (Å²) in [5, 5.41) is 2.58. The highest BCUT2D eigenvalue weighted by molar-refractivity contribution is 6.76. The van der Waals surface area contributed by atoms with Crippen LogP contribution in [0, 0.1) is 5.92 Å². The van der Waals surface area contributed by atoms with E-state index in [2.05, 4.69) is 5.32 Å². The SMILES string of the molecule is CCOC(=O)/C(C)=C(\C)[C@@H](C)[C@@H](OC(=O)Nc1ccc(OC)cc1)c1ccc(OCCO[Si](CCC(F)(F)C(F)(F)C(F)(F)C(F)(F)C(F)(F)C(F)(F)C(F)(F)C(F)(F)F)(C(C)C)C(C)C)cc1. The highest BCUT2D eigenvalue weighted by atomic mass is 28.4. The van der Waals surface area contributed by atoms with E-state index in [4.69, 9.17) is 23.4 Å². The van der Waals surface area contributed by atoms with Crippen LogP contribution in [0.2, 0.25) is 17.1 Å². The Kier molecular flexibility index (Phi) is 19.0. The number of alkyl halides is 17. The molecule has 0 bridgehead atoms. The van der Waals surface area contributed by atoms with E-state index >= 15 is 8.78 Å². The van der Waals surface area contributed by atoms with Crippen molar-refractivity contribution in [2.24, 2.45) is 5.92 Å². The fraction of sp³-hybridized carbons (Fsp3) is 0.619. The van der Waals surface area contributed by atoms with Crippen molar-refractivity contribution in [2.75, 3.05) is 32.2 Å². The van der Waals surface area contributed by atoms with Crippen molar-refractivity contribution in [1.29, 1.82) is 0 Å². The van der Waals surface area contributed by atoms with Crippen molar-refractivity contribution >= 4 is 26.1 Å². The predicted molar refractivity (Wildman–Crippen MR) is 214 cm³/mol. The van der Waals surface area contributed by atoms with Crippen molar-refractivity contribution in [3.05, 3.63) is 65.2 Å². The molecule has 2 atom stereocenters. The van der Waals surface area contributed by atoms with Crippen LogP contribution in [0.25, 0.3) is 0 Å². The third kappa shape index (κ3) is 11.7. The number of carbonyl (C=O) groups excluding carboxylic acids is 2. The molecule has 0 saturated heterocycles. The number of nitrogens with one attached hydrogen (secondary N) is 1. The minimum absolute atomic E-state index is 0.0857. The first kappa shape index (κ1) is 59.6. The van der Waals surface area contributed by atoms with Gasteiger partial charge in [-0.05, 0) is 79.9 Å². The molecule has 0 heterocycles. The summed E-state index contributed by atoms with van der Waals surface area (Å²) in [6.07, 6.45) is -12.4. The molecule has 68 heavy (non-hydrogen) atoms. The van der Waals surface area contributed by atoms with Crippen LogP contribution in [-0.2, 0) is 18.7 Å². The standard InChI is InChI=1S/C42H50F17NO7Si/c1-10-64-33(61)27(8)25(6)26(7)32(67-34(62)60-29-13-17-30(63-9)18-14-29)28-11-15-31(16-12-28)65-20-21-66-68(23(2)3,24(4)5)22-19-35(43,44)36(45,46)37(47,48)38(49,50)39(51,52)40(53,54)41(55,56)42(57,58)59/h11-18,23-24,26,32H,10,19-22H2,1-9H3,(H,60,62)/b27-25+/t26-,32-/m1/s1. The summed E-state index contributed by atoms with van der Waals surface area (Å²) in [5.74, 6) is -57.5. The average Bonchev–Trinajstić information content (AvgIpc) is 3.24. The van der Waals surface area contributed by atoms with Crippen LogP contribution in [0.3, 0.4) is 0 Å². The number of halogens is 17. The van der Waals surface area contributed by atoms with Gasteiger partial charge in [-0.25, -0.2) is 9.59 Å². The molecule has 0 aliphatic heterocycles. The van der Waals surface area contributed by atoms with E-state index in [1.807, 2.05) is 0 Å². The van der Waals surface area contributed by atoms with Crippen molar-refractivity contribution in [2.45, 2.75) is 133 Å². The second kappa shape index (κ2) is 21.7. The lowest BCUT2D eigenvalue weighted by molar-refractivity contribution is -0.461. The topological polar surface area (TPSA) is 92.3 Å². The van der Waals surface area contributed by atoms with E-state index < -0.39 is 117 Å². The van der Waals surface area contributed by atoms with Gasteiger partial charge in [0.25, 0.3) is 0 Å². The molecule has 8 nitrogen and oxygen atoms in total. The smallest absolute Gasteiger partial charge is 0.460 e. The molecule has 2 aromatic carbocycles. The predicted octanol–water partition coefficient (Wildman–Crippen LogP) is 14.1. The third-order valence-corrected chi connectivity index (χ3v) is 17.1. The summed E-state index contributed by atoms with van der Waals surface area (Å²) in [6, 6.07) is 10.7. The number of hydrogen-bond acceptors (Lipinski definition) is 7. The van der Waals surface area contributed by atoms with Gasteiger partial charge in [0.15, 0.2) is 8.32 Å². The molecule has 0 saturated carbocycles. The third-order valence-electron chi connectivity index (χ3n) is 11.4. The molecular formula is C42H50F17NO7Si. The fourth-order valence-electron chi connectivity index (χ4n) is 6.86. The van der Waals surface area contributed by atoms with Gasteiger partial charge in [0.2, 0.25) is 0 Å². The van der Waals surface area contributed by atoms with Crippen molar-refractivity contribution in [1.82, 2.24) is 0 Å². The fourth-order valence-corrected chi connectivity index (χ4v) is 11.3. The summed E-state index contributed by atoms with van der Waals surface area (Å²) >= 11 is 0. The van der Waals surface area contributed by atoms with E-state index in [0.717, 1.165) is 0 Å². The Labute approximate surface area is 381 Å². The zero-order valence-electron chi connectivity index (χ0n) is 37.7. The van der Waals surface area contributed by atoms with E-state index in [1.165, 1.54) is 66.0 Å². The van der Waals surface area contributed by atoms with Crippen LogP contribution in [-0.4, -0.2) is 94.9 Å². The van der Waals surface area contributed by atoms with Crippen LogP contribution in [0.15, 0.2) is 59.7 Å². The maximum atomic E-state index is 15.0.